The van der Waals surface area contributed by atoms with Crippen LogP contribution in [-0.4, -0.2) is 61.7 Å². The summed E-state index contributed by atoms with van der Waals surface area (Å²) in [6.07, 6.45) is -1.98. The molecule has 0 spiro atoms. The summed E-state index contributed by atoms with van der Waals surface area (Å²) < 4.78 is 42.7. The number of aliphatic hydroxyl groups is 1. The predicted octanol–water partition coefficient (Wildman–Crippen LogP) is 3.30. The van der Waals surface area contributed by atoms with Crippen molar-refractivity contribution in [2.75, 3.05) is 6.54 Å². The third kappa shape index (κ3) is 4.85. The van der Waals surface area contributed by atoms with Gasteiger partial charge in [-0.25, -0.2) is 4.68 Å². The number of halogens is 3. The summed E-state index contributed by atoms with van der Waals surface area (Å²) in [5.74, 6) is -2.51. The van der Waals surface area contributed by atoms with Gasteiger partial charge in [-0.1, -0.05) is 56.3 Å². The fraction of sp³-hybridized carbons (Fsp3) is 0.615. The van der Waals surface area contributed by atoms with Crippen LogP contribution in [0.4, 0.5) is 13.2 Å². The summed E-state index contributed by atoms with van der Waals surface area (Å²) in [5.41, 5.74) is -1.02. The van der Waals surface area contributed by atoms with Crippen LogP contribution in [0.25, 0.3) is 0 Å². The molecule has 0 bridgehead atoms. The molecule has 1 saturated heterocycles. The first-order valence-corrected chi connectivity index (χ1v) is 12.7. The van der Waals surface area contributed by atoms with Crippen molar-refractivity contribution in [1.82, 2.24) is 25.2 Å². The highest BCUT2D eigenvalue weighted by Gasteiger charge is 2.68. The number of aliphatic hydroxyl groups excluding tert-OH is 1. The van der Waals surface area contributed by atoms with Crippen LogP contribution >= 0.6 is 0 Å². The van der Waals surface area contributed by atoms with E-state index in [-0.39, 0.29) is 19.4 Å². The predicted molar refractivity (Wildman–Crippen MR) is 127 cm³/mol. The first kappa shape index (κ1) is 25.7. The number of likely N-dealkylation sites (tertiary alicyclic amines) is 1. The Balaban J connectivity index is 1.41. The van der Waals surface area contributed by atoms with Crippen molar-refractivity contribution < 1.29 is 27.9 Å². The molecular formula is C26H32F3N5O3. The second-order valence-corrected chi connectivity index (χ2v) is 11.7. The van der Waals surface area contributed by atoms with Gasteiger partial charge in [-0.15, -0.1) is 5.10 Å². The number of carbonyl (C=O) groups is 2. The zero-order valence-electron chi connectivity index (χ0n) is 21.1. The molecule has 1 aromatic heterocycles. The topological polar surface area (TPSA) is 100 Å². The smallest absolute Gasteiger partial charge is 0.391 e. The summed E-state index contributed by atoms with van der Waals surface area (Å²) in [6, 6.07) is 6.18. The molecule has 5 atom stereocenters. The number of aromatic nitrogens is 3. The highest BCUT2D eigenvalue weighted by molar-refractivity contribution is 5.91. The quantitative estimate of drug-likeness (QED) is 0.610. The SMILES string of the molecule is CC(C)(C)[C@@H](C(=O)N1CC(O)CC1C(=O)NC1(c2ccccc2)CC1C(F)(F)F)n1cc(C2CC2)nn1. The van der Waals surface area contributed by atoms with Crippen molar-refractivity contribution in [1.29, 1.82) is 0 Å². The highest BCUT2D eigenvalue weighted by atomic mass is 19.4. The van der Waals surface area contributed by atoms with E-state index in [4.69, 9.17) is 0 Å². The van der Waals surface area contributed by atoms with Gasteiger partial charge in [0.05, 0.1) is 23.3 Å². The van der Waals surface area contributed by atoms with Crippen molar-refractivity contribution >= 4 is 11.8 Å². The van der Waals surface area contributed by atoms with Crippen LogP contribution in [0.5, 0.6) is 0 Å². The highest BCUT2D eigenvalue weighted by Crippen LogP contribution is 2.59. The maximum absolute atomic E-state index is 13.9. The Morgan fingerprint density at radius 2 is 1.84 bits per heavy atom. The van der Waals surface area contributed by atoms with E-state index < -0.39 is 53.1 Å². The number of hydrogen-bond donors (Lipinski definition) is 2. The number of carbonyl (C=O) groups excluding carboxylic acids is 2. The summed E-state index contributed by atoms with van der Waals surface area (Å²) in [6.45, 7) is 5.53. The van der Waals surface area contributed by atoms with E-state index >= 15 is 0 Å². The molecule has 2 aliphatic carbocycles. The van der Waals surface area contributed by atoms with Gasteiger partial charge in [-0.05, 0) is 30.2 Å². The standard InChI is InChI=1S/C26H32F3N5O3/c1-24(2,3)21(34-14-18(31-32-34)15-9-10-15)23(37)33-13-17(35)11-19(33)22(36)30-25(12-20(25)26(27,28)29)16-7-5-4-6-8-16/h4-8,14-15,17,19-21,35H,9-13H2,1-3H3,(H,30,36)/t17?,19?,20?,21-,25?/m1/s1. The van der Waals surface area contributed by atoms with Crippen molar-refractivity contribution in [2.24, 2.45) is 11.3 Å². The third-order valence-corrected chi connectivity index (χ3v) is 7.70. The van der Waals surface area contributed by atoms with Crippen LogP contribution in [0.2, 0.25) is 0 Å². The minimum Gasteiger partial charge on any atom is -0.391 e. The van der Waals surface area contributed by atoms with Gasteiger partial charge in [-0.2, -0.15) is 13.2 Å². The summed E-state index contributed by atoms with van der Waals surface area (Å²) in [7, 11) is 0. The molecule has 200 valence electrons. The number of amides is 2. The first-order chi connectivity index (χ1) is 17.3. The fourth-order valence-corrected chi connectivity index (χ4v) is 5.55. The number of benzene rings is 1. The number of rotatable bonds is 6. The first-order valence-electron chi connectivity index (χ1n) is 12.7. The maximum Gasteiger partial charge on any atom is 0.394 e. The molecule has 3 aliphatic rings. The Hall–Kier alpha value is -2.95. The fourth-order valence-electron chi connectivity index (χ4n) is 5.55. The van der Waals surface area contributed by atoms with Gasteiger partial charge in [-0.3, -0.25) is 9.59 Å². The molecule has 4 unspecified atom stereocenters. The Bertz CT molecular complexity index is 1170. The van der Waals surface area contributed by atoms with E-state index in [2.05, 4.69) is 15.6 Å². The molecule has 8 nitrogen and oxygen atoms in total. The molecule has 5 rings (SSSR count). The normalized spacial score (nSPS) is 28.7. The van der Waals surface area contributed by atoms with Crippen LogP contribution in [-0.2, 0) is 15.1 Å². The second kappa shape index (κ2) is 8.82. The molecule has 2 heterocycles. The lowest BCUT2D eigenvalue weighted by molar-refractivity contribution is -0.155. The zero-order valence-corrected chi connectivity index (χ0v) is 21.1. The average molecular weight is 520 g/mol. The van der Waals surface area contributed by atoms with Gasteiger partial charge < -0.3 is 15.3 Å². The summed E-state index contributed by atoms with van der Waals surface area (Å²) in [4.78, 5) is 28.7. The number of hydrogen-bond acceptors (Lipinski definition) is 5. The summed E-state index contributed by atoms with van der Waals surface area (Å²) in [5, 5.41) is 21.5. The number of nitrogens with zero attached hydrogens (tertiary/aromatic N) is 4. The largest absolute Gasteiger partial charge is 0.394 e. The van der Waals surface area contributed by atoms with Gasteiger partial charge in [0.15, 0.2) is 0 Å². The molecule has 0 radical (unpaired) electrons. The Morgan fingerprint density at radius 1 is 1.16 bits per heavy atom. The van der Waals surface area contributed by atoms with E-state index in [9.17, 15) is 27.9 Å². The lowest BCUT2D eigenvalue weighted by Gasteiger charge is -2.35. The molecule has 2 amide bonds. The summed E-state index contributed by atoms with van der Waals surface area (Å²) >= 11 is 0. The van der Waals surface area contributed by atoms with Crippen molar-refractivity contribution in [2.45, 2.75) is 82.3 Å². The van der Waals surface area contributed by atoms with E-state index in [1.54, 1.807) is 36.5 Å². The van der Waals surface area contributed by atoms with Gasteiger partial charge in [0, 0.05) is 25.1 Å². The van der Waals surface area contributed by atoms with E-state index in [0.29, 0.717) is 11.5 Å². The van der Waals surface area contributed by atoms with Crippen LogP contribution < -0.4 is 5.32 Å². The van der Waals surface area contributed by atoms with Crippen molar-refractivity contribution in [3.8, 4) is 0 Å². The van der Waals surface area contributed by atoms with Gasteiger partial charge in [0.25, 0.3) is 0 Å². The van der Waals surface area contributed by atoms with Crippen molar-refractivity contribution in [3.63, 3.8) is 0 Å². The lowest BCUT2D eigenvalue weighted by Crippen LogP contribution is -2.52. The zero-order chi connectivity index (χ0) is 26.8. The van der Waals surface area contributed by atoms with Crippen LogP contribution in [0, 0.1) is 11.3 Å². The Morgan fingerprint density at radius 3 is 2.41 bits per heavy atom. The molecule has 2 saturated carbocycles. The lowest BCUT2D eigenvalue weighted by atomic mass is 9.85. The molecule has 3 fully saturated rings. The van der Waals surface area contributed by atoms with Gasteiger partial charge in [0.1, 0.15) is 12.1 Å². The molecule has 1 aliphatic heterocycles. The Kier molecular flexibility index (Phi) is 6.12. The molecule has 2 N–H and O–H groups in total. The maximum atomic E-state index is 13.9. The minimum absolute atomic E-state index is 0.0549. The van der Waals surface area contributed by atoms with Gasteiger partial charge >= 0.3 is 6.18 Å². The number of β-amino-alcohol motifs (C(OH)–C–C–N with tert-alkyl or cyclic N) is 1. The van der Waals surface area contributed by atoms with Crippen LogP contribution in [0.15, 0.2) is 36.5 Å². The third-order valence-electron chi connectivity index (χ3n) is 7.70. The number of alkyl halides is 3. The van der Waals surface area contributed by atoms with Crippen molar-refractivity contribution in [3.05, 3.63) is 47.8 Å². The van der Waals surface area contributed by atoms with E-state index in [1.807, 2.05) is 20.8 Å². The molecule has 11 heteroatoms. The Labute approximate surface area is 213 Å². The molecule has 37 heavy (non-hydrogen) atoms. The molecule has 1 aromatic carbocycles. The number of nitrogens with one attached hydrogen (secondary N) is 1. The second-order valence-electron chi connectivity index (χ2n) is 11.7. The monoisotopic (exact) mass is 519 g/mol. The van der Waals surface area contributed by atoms with Crippen LogP contribution in [0.3, 0.4) is 0 Å². The molecule has 2 aromatic rings. The van der Waals surface area contributed by atoms with Crippen LogP contribution in [0.1, 0.15) is 69.7 Å². The minimum atomic E-state index is -4.49. The van der Waals surface area contributed by atoms with Gasteiger partial charge in [0.2, 0.25) is 11.8 Å². The van der Waals surface area contributed by atoms with E-state index in [0.717, 1.165) is 18.5 Å². The van der Waals surface area contributed by atoms with E-state index in [1.165, 1.54) is 9.58 Å². The molecular weight excluding hydrogens is 487 g/mol. The average Bonchev–Trinajstić information content (AvgIpc) is 3.70.